The molecule has 0 atom stereocenters. The van der Waals surface area contributed by atoms with E-state index in [1.54, 1.807) is 42.5 Å². The first-order chi connectivity index (χ1) is 15.0. The number of aromatic nitrogens is 1. The van der Waals surface area contributed by atoms with Crippen LogP contribution in [0.25, 0.3) is 17.0 Å². The van der Waals surface area contributed by atoms with Gasteiger partial charge in [0.1, 0.15) is 11.5 Å². The summed E-state index contributed by atoms with van der Waals surface area (Å²) in [4.78, 5) is 25.3. The number of esters is 1. The van der Waals surface area contributed by atoms with Crippen molar-refractivity contribution in [1.29, 1.82) is 0 Å². The molecule has 5 rings (SSSR count). The summed E-state index contributed by atoms with van der Waals surface area (Å²) in [6, 6.07) is 19.8. The summed E-state index contributed by atoms with van der Waals surface area (Å²) in [5.41, 5.74) is 2.82. The van der Waals surface area contributed by atoms with Crippen LogP contribution in [0, 0.1) is 0 Å². The molecule has 0 spiro atoms. The zero-order valence-electron chi connectivity index (χ0n) is 16.5. The van der Waals surface area contributed by atoms with Gasteiger partial charge in [0.25, 0.3) is 0 Å². The van der Waals surface area contributed by atoms with Crippen molar-refractivity contribution < 1.29 is 19.1 Å². The molecule has 0 amide bonds. The molecule has 0 bridgehead atoms. The molecule has 4 aromatic rings. The zero-order valence-corrected chi connectivity index (χ0v) is 18.0. The number of para-hydroxylation sites is 1. The standard InChI is InChI=1S/C25H16BrNO4/c1-27-14-15(17-6-3-5-9-21(17)27)12-23-24(28)19-11-10-16(13-22(19)31-23)30-25(29)18-7-2-4-8-20(18)26/h2-14H,1H3/b23-12+. The fourth-order valence-electron chi connectivity index (χ4n) is 3.65. The Labute approximate surface area is 186 Å². The van der Waals surface area contributed by atoms with Crippen molar-refractivity contribution in [3.05, 3.63) is 99.8 Å². The van der Waals surface area contributed by atoms with Gasteiger partial charge in [0.15, 0.2) is 5.76 Å². The lowest BCUT2D eigenvalue weighted by atomic mass is 10.1. The Kier molecular flexibility index (Phi) is 4.71. The smallest absolute Gasteiger partial charge is 0.344 e. The average Bonchev–Trinajstić information content (AvgIpc) is 3.25. The van der Waals surface area contributed by atoms with E-state index in [0.29, 0.717) is 27.1 Å². The Balaban J connectivity index is 1.43. The Bertz CT molecular complexity index is 1400. The largest absolute Gasteiger partial charge is 0.452 e. The molecule has 0 saturated heterocycles. The van der Waals surface area contributed by atoms with Crippen LogP contribution in [0.3, 0.4) is 0 Å². The lowest BCUT2D eigenvalue weighted by Gasteiger charge is -2.06. The van der Waals surface area contributed by atoms with Gasteiger partial charge in [0, 0.05) is 40.2 Å². The molecule has 0 unspecified atom stereocenters. The maximum absolute atomic E-state index is 12.8. The molecular formula is C25H16BrNO4. The van der Waals surface area contributed by atoms with E-state index in [1.165, 1.54) is 0 Å². The number of rotatable bonds is 3. The van der Waals surface area contributed by atoms with E-state index in [9.17, 15) is 9.59 Å². The normalized spacial score (nSPS) is 14.0. The summed E-state index contributed by atoms with van der Waals surface area (Å²) in [6.45, 7) is 0. The van der Waals surface area contributed by atoms with E-state index in [1.807, 2.05) is 48.1 Å². The van der Waals surface area contributed by atoms with Gasteiger partial charge in [-0.2, -0.15) is 0 Å². The zero-order chi connectivity index (χ0) is 21.5. The van der Waals surface area contributed by atoms with E-state index in [2.05, 4.69) is 15.9 Å². The molecule has 0 N–H and O–H groups in total. The number of ketones is 1. The molecule has 1 aliphatic rings. The van der Waals surface area contributed by atoms with Crippen LogP contribution < -0.4 is 9.47 Å². The van der Waals surface area contributed by atoms with Gasteiger partial charge in [-0.15, -0.1) is 0 Å². The predicted molar refractivity (Wildman–Crippen MR) is 121 cm³/mol. The summed E-state index contributed by atoms with van der Waals surface area (Å²) in [5.74, 6) is 0.211. The lowest BCUT2D eigenvalue weighted by molar-refractivity contribution is 0.0733. The first-order valence-electron chi connectivity index (χ1n) is 9.60. The Morgan fingerprint density at radius 1 is 1.06 bits per heavy atom. The third-order valence-electron chi connectivity index (χ3n) is 5.16. The topological polar surface area (TPSA) is 57.5 Å². The molecule has 152 valence electrons. The van der Waals surface area contributed by atoms with Crippen molar-refractivity contribution in [2.45, 2.75) is 0 Å². The molecule has 6 heteroatoms. The second kappa shape index (κ2) is 7.56. The van der Waals surface area contributed by atoms with Crippen LogP contribution >= 0.6 is 15.9 Å². The highest BCUT2D eigenvalue weighted by atomic mass is 79.9. The minimum Gasteiger partial charge on any atom is -0.452 e. The van der Waals surface area contributed by atoms with Crippen molar-refractivity contribution >= 4 is 44.7 Å². The van der Waals surface area contributed by atoms with Crippen molar-refractivity contribution in [2.24, 2.45) is 7.05 Å². The summed E-state index contributed by atoms with van der Waals surface area (Å²) < 4.78 is 14.0. The van der Waals surface area contributed by atoms with Crippen LogP contribution in [0.5, 0.6) is 11.5 Å². The fourth-order valence-corrected chi connectivity index (χ4v) is 4.10. The first-order valence-corrected chi connectivity index (χ1v) is 10.4. The SMILES string of the molecule is Cn1cc(/C=C2/Oc3cc(OC(=O)c4ccccc4Br)ccc3C2=O)c2ccccc21. The second-order valence-corrected chi connectivity index (χ2v) is 8.03. The number of aryl methyl sites for hydroxylation is 1. The number of allylic oxidation sites excluding steroid dienone is 1. The monoisotopic (exact) mass is 473 g/mol. The van der Waals surface area contributed by atoms with Gasteiger partial charge in [0.2, 0.25) is 5.78 Å². The number of hydrogen-bond acceptors (Lipinski definition) is 4. The number of halogens is 1. The Hall–Kier alpha value is -3.64. The molecule has 0 radical (unpaired) electrons. The summed E-state index contributed by atoms with van der Waals surface area (Å²) >= 11 is 3.35. The van der Waals surface area contributed by atoms with Gasteiger partial charge >= 0.3 is 5.97 Å². The van der Waals surface area contributed by atoms with E-state index in [-0.39, 0.29) is 11.5 Å². The molecule has 5 nitrogen and oxygen atoms in total. The first kappa shape index (κ1) is 19.3. The maximum Gasteiger partial charge on any atom is 0.344 e. The maximum atomic E-state index is 12.8. The van der Waals surface area contributed by atoms with Crippen LogP contribution in [0.15, 0.2) is 83.2 Å². The highest BCUT2D eigenvalue weighted by Crippen LogP contribution is 2.36. The number of carbonyl (C=O) groups is 2. The third-order valence-corrected chi connectivity index (χ3v) is 5.85. The molecule has 3 aromatic carbocycles. The van der Waals surface area contributed by atoms with Crippen LogP contribution in [0.4, 0.5) is 0 Å². The fraction of sp³-hybridized carbons (Fsp3) is 0.0400. The lowest BCUT2D eigenvalue weighted by Crippen LogP contribution is -2.09. The minimum absolute atomic E-state index is 0.202. The van der Waals surface area contributed by atoms with Crippen LogP contribution in [-0.2, 0) is 7.05 Å². The third kappa shape index (κ3) is 3.45. The average molecular weight is 474 g/mol. The molecule has 1 aromatic heterocycles. The van der Waals surface area contributed by atoms with E-state index in [0.717, 1.165) is 16.5 Å². The van der Waals surface area contributed by atoms with E-state index >= 15 is 0 Å². The van der Waals surface area contributed by atoms with Gasteiger partial charge < -0.3 is 14.0 Å². The van der Waals surface area contributed by atoms with Crippen molar-refractivity contribution in [3.63, 3.8) is 0 Å². The molecule has 31 heavy (non-hydrogen) atoms. The van der Waals surface area contributed by atoms with Gasteiger partial charge in [-0.25, -0.2) is 4.79 Å². The van der Waals surface area contributed by atoms with Crippen LogP contribution in [0.1, 0.15) is 26.3 Å². The number of fused-ring (bicyclic) bond motifs is 2. The molecule has 0 aliphatic carbocycles. The Morgan fingerprint density at radius 3 is 2.68 bits per heavy atom. The molecule has 0 fully saturated rings. The number of Topliss-reactive ketones (excluding diaryl/α,β-unsaturated/α-hetero) is 1. The van der Waals surface area contributed by atoms with Crippen LogP contribution in [-0.4, -0.2) is 16.3 Å². The second-order valence-electron chi connectivity index (χ2n) is 7.18. The summed E-state index contributed by atoms with van der Waals surface area (Å²) in [7, 11) is 1.96. The molecular weight excluding hydrogens is 458 g/mol. The Morgan fingerprint density at radius 2 is 1.84 bits per heavy atom. The number of nitrogens with zero attached hydrogens (tertiary/aromatic N) is 1. The highest BCUT2D eigenvalue weighted by molar-refractivity contribution is 9.10. The number of benzene rings is 3. The van der Waals surface area contributed by atoms with Crippen LogP contribution in [0.2, 0.25) is 0 Å². The summed E-state index contributed by atoms with van der Waals surface area (Å²) in [6.07, 6.45) is 3.71. The van der Waals surface area contributed by atoms with Gasteiger partial charge in [0.05, 0.1) is 11.1 Å². The number of ether oxygens (including phenoxy) is 2. The molecule has 0 saturated carbocycles. The number of hydrogen-bond donors (Lipinski definition) is 0. The van der Waals surface area contributed by atoms with Crippen molar-refractivity contribution in [2.75, 3.05) is 0 Å². The van der Waals surface area contributed by atoms with Gasteiger partial charge in [-0.3, -0.25) is 4.79 Å². The van der Waals surface area contributed by atoms with E-state index in [4.69, 9.17) is 9.47 Å². The van der Waals surface area contributed by atoms with Gasteiger partial charge in [-0.1, -0.05) is 30.3 Å². The minimum atomic E-state index is -0.497. The van der Waals surface area contributed by atoms with Gasteiger partial charge in [-0.05, 0) is 52.3 Å². The summed E-state index contributed by atoms with van der Waals surface area (Å²) in [5, 5.41) is 1.04. The quantitative estimate of drug-likeness (QED) is 0.215. The van der Waals surface area contributed by atoms with Crippen molar-refractivity contribution in [1.82, 2.24) is 4.57 Å². The van der Waals surface area contributed by atoms with Crippen molar-refractivity contribution in [3.8, 4) is 11.5 Å². The number of carbonyl (C=O) groups excluding carboxylic acids is 2. The molecule has 2 heterocycles. The van der Waals surface area contributed by atoms with E-state index < -0.39 is 5.97 Å². The molecule has 1 aliphatic heterocycles. The highest BCUT2D eigenvalue weighted by Gasteiger charge is 2.28. The predicted octanol–water partition coefficient (Wildman–Crippen LogP) is 5.78.